The number of aromatic nitrogens is 2. The van der Waals surface area contributed by atoms with Crippen molar-refractivity contribution >= 4 is 11.7 Å². The largest absolute Gasteiger partial charge is 0.456 e. The van der Waals surface area contributed by atoms with Crippen LogP contribution in [-0.2, 0) is 35.0 Å². The first-order chi connectivity index (χ1) is 15.8. The molecular formula is C24H20F3N3O3. The highest BCUT2D eigenvalue weighted by Gasteiger charge is 2.39. The van der Waals surface area contributed by atoms with Crippen LogP contribution >= 0.6 is 0 Å². The van der Waals surface area contributed by atoms with E-state index in [1.165, 1.54) is 12.4 Å². The molecule has 2 heterocycles. The summed E-state index contributed by atoms with van der Waals surface area (Å²) in [6.07, 6.45) is 3.80. The second-order valence-electron chi connectivity index (χ2n) is 8.16. The quantitative estimate of drug-likeness (QED) is 0.608. The molecule has 0 saturated heterocycles. The second-order valence-corrected chi connectivity index (χ2v) is 8.16. The van der Waals surface area contributed by atoms with Crippen LogP contribution in [0.4, 0.5) is 19.0 Å². The molecule has 0 unspecified atom stereocenters. The van der Waals surface area contributed by atoms with Gasteiger partial charge in [-0.25, -0.2) is 4.98 Å². The number of imidazole rings is 1. The minimum Gasteiger partial charge on any atom is -0.456 e. The molecule has 0 bridgehead atoms. The number of rotatable bonds is 4. The minimum absolute atomic E-state index is 0.201. The van der Waals surface area contributed by atoms with Gasteiger partial charge in [-0.15, -0.1) is 0 Å². The summed E-state index contributed by atoms with van der Waals surface area (Å²) >= 11 is 0. The molecule has 0 fully saturated rings. The molecule has 0 saturated carbocycles. The molecule has 1 aliphatic heterocycles. The SMILES string of the molecule is O=C(Nc1cn(Cc2cccc(C(F)(F)F)c2)cn1)c1ccc2c(c1)CCC1(C2)OC=CO1. The molecule has 0 atom stereocenters. The number of hydrogen-bond donors (Lipinski definition) is 1. The highest BCUT2D eigenvalue weighted by atomic mass is 19.4. The Morgan fingerprint density at radius 2 is 1.94 bits per heavy atom. The number of amides is 1. The van der Waals surface area contributed by atoms with Gasteiger partial charge in [0, 0.05) is 24.7 Å². The highest BCUT2D eigenvalue weighted by molar-refractivity contribution is 6.03. The van der Waals surface area contributed by atoms with Gasteiger partial charge in [-0.3, -0.25) is 4.79 Å². The summed E-state index contributed by atoms with van der Waals surface area (Å²) in [6, 6.07) is 10.6. The van der Waals surface area contributed by atoms with E-state index in [-0.39, 0.29) is 12.5 Å². The minimum atomic E-state index is -4.40. The maximum Gasteiger partial charge on any atom is 0.416 e. The fourth-order valence-electron chi connectivity index (χ4n) is 4.16. The van der Waals surface area contributed by atoms with Crippen LogP contribution in [0.3, 0.4) is 0 Å². The highest BCUT2D eigenvalue weighted by Crippen LogP contribution is 2.36. The summed E-state index contributed by atoms with van der Waals surface area (Å²) in [7, 11) is 0. The molecule has 1 spiro atoms. The molecule has 1 aliphatic carbocycles. The number of nitrogens with one attached hydrogen (secondary N) is 1. The average molecular weight is 455 g/mol. The number of benzene rings is 2. The van der Waals surface area contributed by atoms with Gasteiger partial charge in [0.25, 0.3) is 11.7 Å². The third kappa shape index (κ3) is 4.44. The van der Waals surface area contributed by atoms with E-state index < -0.39 is 17.5 Å². The van der Waals surface area contributed by atoms with E-state index >= 15 is 0 Å². The molecule has 170 valence electrons. The van der Waals surface area contributed by atoms with Gasteiger partial charge in [0.1, 0.15) is 12.5 Å². The lowest BCUT2D eigenvalue weighted by Crippen LogP contribution is -2.36. The van der Waals surface area contributed by atoms with Gasteiger partial charge in [0.05, 0.1) is 18.3 Å². The van der Waals surface area contributed by atoms with Crippen LogP contribution in [0.2, 0.25) is 0 Å². The van der Waals surface area contributed by atoms with Gasteiger partial charge in [0.15, 0.2) is 5.82 Å². The van der Waals surface area contributed by atoms with Crippen molar-refractivity contribution < 1.29 is 27.4 Å². The van der Waals surface area contributed by atoms with Crippen molar-refractivity contribution in [3.05, 3.63) is 95.3 Å². The summed E-state index contributed by atoms with van der Waals surface area (Å²) in [5.74, 6) is -0.622. The molecule has 2 aromatic carbocycles. The van der Waals surface area contributed by atoms with Crippen molar-refractivity contribution in [1.29, 1.82) is 0 Å². The van der Waals surface area contributed by atoms with Crippen LogP contribution < -0.4 is 5.32 Å². The summed E-state index contributed by atoms with van der Waals surface area (Å²) in [6.45, 7) is 0.201. The zero-order valence-corrected chi connectivity index (χ0v) is 17.4. The maximum absolute atomic E-state index is 12.9. The first kappa shape index (κ1) is 21.1. The Balaban J connectivity index is 1.24. The Hall–Kier alpha value is -3.75. The lowest BCUT2D eigenvalue weighted by atomic mass is 9.86. The van der Waals surface area contributed by atoms with E-state index in [1.54, 1.807) is 35.4 Å². The van der Waals surface area contributed by atoms with Crippen molar-refractivity contribution in [2.75, 3.05) is 5.32 Å². The van der Waals surface area contributed by atoms with E-state index in [2.05, 4.69) is 10.3 Å². The molecule has 9 heteroatoms. The average Bonchev–Trinajstić information content (AvgIpc) is 3.42. The van der Waals surface area contributed by atoms with Crippen molar-refractivity contribution in [3.63, 3.8) is 0 Å². The van der Waals surface area contributed by atoms with E-state index in [1.807, 2.05) is 12.1 Å². The Kier molecular flexibility index (Phi) is 5.11. The van der Waals surface area contributed by atoms with E-state index in [0.29, 0.717) is 29.8 Å². The van der Waals surface area contributed by atoms with E-state index in [4.69, 9.17) is 9.47 Å². The third-order valence-electron chi connectivity index (χ3n) is 5.82. The molecule has 5 rings (SSSR count). The van der Waals surface area contributed by atoms with Gasteiger partial charge >= 0.3 is 6.18 Å². The summed E-state index contributed by atoms with van der Waals surface area (Å²) < 4.78 is 51.6. The number of aryl methyl sites for hydroxylation is 1. The Morgan fingerprint density at radius 1 is 1.12 bits per heavy atom. The topological polar surface area (TPSA) is 65.4 Å². The molecule has 6 nitrogen and oxygen atoms in total. The molecule has 2 aliphatic rings. The molecule has 33 heavy (non-hydrogen) atoms. The molecule has 1 N–H and O–H groups in total. The van der Waals surface area contributed by atoms with Crippen LogP contribution in [0.25, 0.3) is 0 Å². The van der Waals surface area contributed by atoms with E-state index in [9.17, 15) is 18.0 Å². The van der Waals surface area contributed by atoms with Crippen molar-refractivity contribution in [2.45, 2.75) is 37.8 Å². The van der Waals surface area contributed by atoms with Gasteiger partial charge in [-0.2, -0.15) is 13.2 Å². The van der Waals surface area contributed by atoms with Crippen LogP contribution in [0.5, 0.6) is 0 Å². The molecule has 1 aromatic heterocycles. The second kappa shape index (κ2) is 7.99. The summed E-state index contributed by atoms with van der Waals surface area (Å²) in [5.41, 5.74) is 2.44. The fourth-order valence-corrected chi connectivity index (χ4v) is 4.16. The standard InChI is InChI=1S/C24H20F3N3O3/c25-24(26,27)20-3-1-2-16(10-20)13-30-14-21(28-15-30)29-22(31)18-4-5-19-12-23(32-8-9-33-23)7-6-17(19)11-18/h1-5,8-11,14-15H,6-7,12-13H2,(H,29,31). The van der Waals surface area contributed by atoms with Gasteiger partial charge in [-0.1, -0.05) is 18.2 Å². The van der Waals surface area contributed by atoms with Crippen molar-refractivity contribution in [1.82, 2.24) is 9.55 Å². The predicted molar refractivity (Wildman–Crippen MR) is 113 cm³/mol. The molecule has 1 amide bonds. The predicted octanol–water partition coefficient (Wildman–Crippen LogP) is 4.91. The number of anilines is 1. The maximum atomic E-state index is 12.9. The van der Waals surface area contributed by atoms with Crippen LogP contribution in [0.15, 0.2) is 67.5 Å². The van der Waals surface area contributed by atoms with Crippen LogP contribution in [-0.4, -0.2) is 21.2 Å². The zero-order valence-electron chi connectivity index (χ0n) is 17.4. The third-order valence-corrected chi connectivity index (χ3v) is 5.82. The number of carbonyl (C=O) groups is 1. The van der Waals surface area contributed by atoms with Gasteiger partial charge < -0.3 is 19.4 Å². The monoisotopic (exact) mass is 455 g/mol. The Morgan fingerprint density at radius 3 is 2.73 bits per heavy atom. The number of halogens is 3. The first-order valence-electron chi connectivity index (χ1n) is 10.4. The number of ether oxygens (including phenoxy) is 2. The van der Waals surface area contributed by atoms with E-state index in [0.717, 1.165) is 29.7 Å². The smallest absolute Gasteiger partial charge is 0.416 e. The summed E-state index contributed by atoms with van der Waals surface area (Å²) in [5, 5.41) is 2.75. The molecule has 3 aromatic rings. The van der Waals surface area contributed by atoms with Crippen molar-refractivity contribution in [2.24, 2.45) is 0 Å². The lowest BCUT2D eigenvalue weighted by molar-refractivity contribution is -0.148. The first-order valence-corrected chi connectivity index (χ1v) is 10.4. The Labute approximate surface area is 187 Å². The van der Waals surface area contributed by atoms with Crippen LogP contribution in [0, 0.1) is 0 Å². The summed E-state index contributed by atoms with van der Waals surface area (Å²) in [4.78, 5) is 16.9. The normalized spacial score (nSPS) is 16.2. The number of nitrogens with zero attached hydrogens (tertiary/aromatic N) is 2. The molecule has 0 radical (unpaired) electrons. The van der Waals surface area contributed by atoms with Gasteiger partial charge in [-0.05, 0) is 47.4 Å². The number of carbonyl (C=O) groups excluding carboxylic acids is 1. The fraction of sp³-hybridized carbons (Fsp3) is 0.250. The van der Waals surface area contributed by atoms with Crippen LogP contribution in [0.1, 0.15) is 39.0 Å². The van der Waals surface area contributed by atoms with Gasteiger partial charge in [0.2, 0.25) is 0 Å². The van der Waals surface area contributed by atoms with Crippen molar-refractivity contribution in [3.8, 4) is 0 Å². The number of fused-ring (bicyclic) bond motifs is 1. The lowest BCUT2D eigenvalue weighted by Gasteiger charge is -2.32. The zero-order chi connectivity index (χ0) is 23.1. The Bertz CT molecular complexity index is 1220. The number of hydrogen-bond acceptors (Lipinski definition) is 4. The molecular weight excluding hydrogens is 435 g/mol. The number of alkyl halides is 3.